The van der Waals surface area contributed by atoms with Crippen LogP contribution in [0, 0.1) is 0 Å². The third kappa shape index (κ3) is 3.09. The smallest absolute Gasteiger partial charge is 0.233 e. The van der Waals surface area contributed by atoms with Gasteiger partial charge in [0.2, 0.25) is 5.91 Å². The highest BCUT2D eigenvalue weighted by Gasteiger charge is 2.47. The van der Waals surface area contributed by atoms with Crippen LogP contribution in [0.3, 0.4) is 0 Å². The molecule has 2 aromatic carbocycles. The molecule has 4 nitrogen and oxygen atoms in total. The van der Waals surface area contributed by atoms with Gasteiger partial charge in [-0.05, 0) is 42.7 Å². The quantitative estimate of drug-likeness (QED) is 0.827. The molecule has 0 spiro atoms. The average molecular weight is 415 g/mol. The molecule has 0 radical (unpaired) electrons. The number of phenolic OH excluding ortho intramolecular Hbond substituents is 1. The van der Waals surface area contributed by atoms with Crippen molar-refractivity contribution >= 4 is 27.5 Å². The normalized spacial score (nSPS) is 19.1. The molecule has 1 saturated carbocycles. The van der Waals surface area contributed by atoms with Crippen LogP contribution in [0.25, 0.3) is 0 Å². The number of benzene rings is 2. The number of halogens is 1. The first kappa shape index (κ1) is 17.4. The molecule has 1 heterocycles. The van der Waals surface area contributed by atoms with Gasteiger partial charge in [-0.3, -0.25) is 4.79 Å². The highest BCUT2D eigenvalue weighted by molar-refractivity contribution is 9.10. The van der Waals surface area contributed by atoms with Crippen LogP contribution in [0.2, 0.25) is 0 Å². The minimum atomic E-state index is -0.326. The summed E-state index contributed by atoms with van der Waals surface area (Å²) in [6, 6.07) is 15.6. The Morgan fingerprint density at radius 3 is 2.27 bits per heavy atom. The van der Waals surface area contributed by atoms with Crippen molar-refractivity contribution in [3.63, 3.8) is 0 Å². The zero-order valence-electron chi connectivity index (χ0n) is 14.7. The Bertz CT molecular complexity index is 794. The second kappa shape index (κ2) is 6.95. The van der Waals surface area contributed by atoms with Crippen molar-refractivity contribution in [2.45, 2.75) is 24.7 Å². The maximum atomic E-state index is 13.3. The zero-order chi connectivity index (χ0) is 18.1. The molecule has 26 heavy (non-hydrogen) atoms. The number of carbonyl (C=O) groups is 1. The summed E-state index contributed by atoms with van der Waals surface area (Å²) in [5.74, 6) is 0.561. The molecule has 1 saturated heterocycles. The SMILES string of the molecule is O=C(N1CCN(c2cccc(O)c2)CC1)C1(c2ccc(Br)cc2)CCC1. The lowest BCUT2D eigenvalue weighted by atomic mass is 9.63. The van der Waals surface area contributed by atoms with Crippen molar-refractivity contribution in [3.05, 3.63) is 58.6 Å². The lowest BCUT2D eigenvalue weighted by Gasteiger charge is -2.46. The lowest BCUT2D eigenvalue weighted by molar-refractivity contribution is -0.141. The van der Waals surface area contributed by atoms with E-state index in [0.29, 0.717) is 0 Å². The van der Waals surface area contributed by atoms with Gasteiger partial charge in [0.1, 0.15) is 5.75 Å². The fraction of sp³-hybridized carbons (Fsp3) is 0.381. The summed E-state index contributed by atoms with van der Waals surface area (Å²) in [4.78, 5) is 17.6. The van der Waals surface area contributed by atoms with Crippen molar-refractivity contribution in [2.75, 3.05) is 31.1 Å². The predicted molar refractivity (Wildman–Crippen MR) is 107 cm³/mol. The predicted octanol–water partition coefficient (Wildman–Crippen LogP) is 3.93. The largest absolute Gasteiger partial charge is 0.508 e. The van der Waals surface area contributed by atoms with Gasteiger partial charge in [-0.15, -0.1) is 0 Å². The van der Waals surface area contributed by atoms with Gasteiger partial charge in [0.15, 0.2) is 0 Å². The maximum absolute atomic E-state index is 13.3. The molecule has 1 N–H and O–H groups in total. The molecule has 5 heteroatoms. The molecule has 1 aliphatic carbocycles. The Hall–Kier alpha value is -2.01. The van der Waals surface area contributed by atoms with Crippen LogP contribution in [0.1, 0.15) is 24.8 Å². The molecule has 1 amide bonds. The molecule has 4 rings (SSSR count). The number of rotatable bonds is 3. The minimum absolute atomic E-state index is 0.279. The summed E-state index contributed by atoms with van der Waals surface area (Å²) in [7, 11) is 0. The summed E-state index contributed by atoms with van der Waals surface area (Å²) < 4.78 is 1.04. The summed E-state index contributed by atoms with van der Waals surface area (Å²) in [6.45, 7) is 3.05. The Morgan fingerprint density at radius 1 is 1.00 bits per heavy atom. The van der Waals surface area contributed by atoms with Gasteiger partial charge in [-0.2, -0.15) is 0 Å². The summed E-state index contributed by atoms with van der Waals surface area (Å²) >= 11 is 3.48. The van der Waals surface area contributed by atoms with Gasteiger partial charge in [0.25, 0.3) is 0 Å². The van der Waals surface area contributed by atoms with Crippen molar-refractivity contribution < 1.29 is 9.90 Å². The fourth-order valence-electron chi connectivity index (χ4n) is 4.09. The van der Waals surface area contributed by atoms with E-state index in [-0.39, 0.29) is 17.1 Å². The van der Waals surface area contributed by atoms with Crippen molar-refractivity contribution in [1.29, 1.82) is 0 Å². The van der Waals surface area contributed by atoms with Crippen LogP contribution < -0.4 is 4.90 Å². The van der Waals surface area contributed by atoms with E-state index < -0.39 is 0 Å². The van der Waals surface area contributed by atoms with Gasteiger partial charge >= 0.3 is 0 Å². The number of phenols is 1. The number of carbonyl (C=O) groups excluding carboxylic acids is 1. The molecule has 2 aliphatic rings. The van der Waals surface area contributed by atoms with Crippen LogP contribution in [0.4, 0.5) is 5.69 Å². The topological polar surface area (TPSA) is 43.8 Å². The highest BCUT2D eigenvalue weighted by Crippen LogP contribution is 2.45. The van der Waals surface area contributed by atoms with Gasteiger partial charge < -0.3 is 14.9 Å². The summed E-state index contributed by atoms with van der Waals surface area (Å²) in [5.41, 5.74) is 1.84. The number of aromatic hydroxyl groups is 1. The van der Waals surface area contributed by atoms with Crippen molar-refractivity contribution in [3.8, 4) is 5.75 Å². The fourth-order valence-corrected chi connectivity index (χ4v) is 4.35. The minimum Gasteiger partial charge on any atom is -0.508 e. The Morgan fingerprint density at radius 2 is 1.69 bits per heavy atom. The zero-order valence-corrected chi connectivity index (χ0v) is 16.3. The van der Waals surface area contributed by atoms with Crippen LogP contribution in [-0.2, 0) is 10.2 Å². The van der Waals surface area contributed by atoms with E-state index in [9.17, 15) is 9.90 Å². The average Bonchev–Trinajstić information content (AvgIpc) is 2.62. The standard InChI is InChI=1S/C21H23BrN2O2/c22-17-7-5-16(6-8-17)21(9-2-10-21)20(26)24-13-11-23(12-14-24)18-3-1-4-19(25)15-18/h1,3-8,15,25H,2,9-14H2. The van der Waals surface area contributed by atoms with E-state index in [0.717, 1.165) is 61.2 Å². The summed E-state index contributed by atoms with van der Waals surface area (Å²) in [5, 5.41) is 9.68. The van der Waals surface area contributed by atoms with E-state index >= 15 is 0 Å². The van der Waals surface area contributed by atoms with Crippen LogP contribution in [0.5, 0.6) is 5.75 Å². The third-order valence-electron chi connectivity index (χ3n) is 5.78. The van der Waals surface area contributed by atoms with Gasteiger partial charge in [0, 0.05) is 42.4 Å². The van der Waals surface area contributed by atoms with E-state index in [1.807, 2.05) is 29.2 Å². The van der Waals surface area contributed by atoms with Gasteiger partial charge in [-0.25, -0.2) is 0 Å². The number of piperazine rings is 1. The van der Waals surface area contributed by atoms with E-state index in [1.54, 1.807) is 12.1 Å². The number of nitrogens with zero attached hydrogens (tertiary/aromatic N) is 2. The molecule has 0 atom stereocenters. The number of anilines is 1. The van der Waals surface area contributed by atoms with E-state index in [1.165, 1.54) is 0 Å². The second-order valence-electron chi connectivity index (χ2n) is 7.24. The molecule has 0 bridgehead atoms. The van der Waals surface area contributed by atoms with Crippen LogP contribution in [-0.4, -0.2) is 42.1 Å². The van der Waals surface area contributed by atoms with Gasteiger partial charge in [0.05, 0.1) is 5.41 Å². The van der Waals surface area contributed by atoms with Gasteiger partial charge in [-0.1, -0.05) is 40.5 Å². The molecule has 2 fully saturated rings. The lowest BCUT2D eigenvalue weighted by Crippen LogP contribution is -2.56. The number of hydrogen-bond donors (Lipinski definition) is 1. The first-order chi connectivity index (χ1) is 12.6. The van der Waals surface area contributed by atoms with E-state index in [4.69, 9.17) is 0 Å². The Labute approximate surface area is 162 Å². The van der Waals surface area contributed by atoms with Crippen LogP contribution in [0.15, 0.2) is 53.0 Å². The molecule has 136 valence electrons. The Kier molecular flexibility index (Phi) is 4.65. The Balaban J connectivity index is 1.46. The van der Waals surface area contributed by atoms with Crippen molar-refractivity contribution in [1.82, 2.24) is 4.90 Å². The first-order valence-corrected chi connectivity index (χ1v) is 9.97. The maximum Gasteiger partial charge on any atom is 0.233 e. The monoisotopic (exact) mass is 414 g/mol. The van der Waals surface area contributed by atoms with Crippen LogP contribution >= 0.6 is 15.9 Å². The first-order valence-electron chi connectivity index (χ1n) is 9.18. The highest BCUT2D eigenvalue weighted by atomic mass is 79.9. The van der Waals surface area contributed by atoms with E-state index in [2.05, 4.69) is 33.0 Å². The molecule has 2 aromatic rings. The molecule has 0 unspecified atom stereocenters. The van der Waals surface area contributed by atoms with Crippen molar-refractivity contribution in [2.24, 2.45) is 0 Å². The second-order valence-corrected chi connectivity index (χ2v) is 8.16. The molecule has 1 aliphatic heterocycles. The summed E-state index contributed by atoms with van der Waals surface area (Å²) in [6.07, 6.45) is 3.01. The molecular weight excluding hydrogens is 392 g/mol. The molecule has 0 aromatic heterocycles. The third-order valence-corrected chi connectivity index (χ3v) is 6.30. The number of amides is 1. The number of hydrogen-bond acceptors (Lipinski definition) is 3. The molecular formula is C21H23BrN2O2.